The molecule has 0 aromatic carbocycles. The van der Waals surface area contributed by atoms with Gasteiger partial charge in [-0.15, -0.1) is 0 Å². The number of aryl methyl sites for hydroxylation is 2. The molecule has 1 aliphatic rings. The van der Waals surface area contributed by atoms with Crippen molar-refractivity contribution in [3.05, 3.63) is 28.7 Å². The quantitative estimate of drug-likeness (QED) is 0.846. The van der Waals surface area contributed by atoms with Crippen LogP contribution in [0.25, 0.3) is 0 Å². The first-order valence-electron chi connectivity index (χ1n) is 6.51. The molecule has 0 amide bonds. The molecule has 2 aromatic rings. The first kappa shape index (κ1) is 12.3. The van der Waals surface area contributed by atoms with Crippen molar-refractivity contribution in [3.63, 3.8) is 0 Å². The third-order valence-electron chi connectivity index (χ3n) is 3.64. The van der Waals surface area contributed by atoms with Crippen LogP contribution >= 0.6 is 0 Å². The third kappa shape index (κ3) is 2.16. The summed E-state index contributed by atoms with van der Waals surface area (Å²) < 4.78 is 15.9. The lowest BCUT2D eigenvalue weighted by atomic mass is 9.99. The monoisotopic (exact) mass is 263 g/mol. The third-order valence-corrected chi connectivity index (χ3v) is 3.64. The average molecular weight is 263 g/mol. The van der Waals surface area contributed by atoms with E-state index in [2.05, 4.69) is 15.3 Å². The van der Waals surface area contributed by atoms with Crippen molar-refractivity contribution in [1.29, 1.82) is 0 Å². The summed E-state index contributed by atoms with van der Waals surface area (Å²) in [6.07, 6.45) is 0.957. The summed E-state index contributed by atoms with van der Waals surface area (Å²) in [6.45, 7) is 7.29. The highest BCUT2D eigenvalue weighted by Gasteiger charge is 2.27. The second-order valence-electron chi connectivity index (χ2n) is 5.01. The van der Waals surface area contributed by atoms with Crippen molar-refractivity contribution < 1.29 is 13.8 Å². The molecule has 1 saturated heterocycles. The fourth-order valence-corrected chi connectivity index (χ4v) is 2.56. The SMILES string of the molecule is Cc1noc(C)c1[C@@H](C)c1nc([C@H]2CCOC2)no1. The molecule has 2 aromatic heterocycles. The molecule has 0 unspecified atom stereocenters. The number of rotatable bonds is 3. The molecule has 1 aliphatic heterocycles. The van der Waals surface area contributed by atoms with Crippen molar-refractivity contribution in [2.45, 2.75) is 39.0 Å². The lowest BCUT2D eigenvalue weighted by Gasteiger charge is -2.05. The van der Waals surface area contributed by atoms with E-state index in [1.54, 1.807) is 0 Å². The zero-order valence-electron chi connectivity index (χ0n) is 11.3. The number of nitrogens with zero attached hydrogens (tertiary/aromatic N) is 3. The molecule has 0 bridgehead atoms. The van der Waals surface area contributed by atoms with E-state index in [0.717, 1.165) is 35.9 Å². The predicted molar refractivity (Wildman–Crippen MR) is 66.0 cm³/mol. The van der Waals surface area contributed by atoms with Gasteiger partial charge in [0.15, 0.2) is 5.82 Å². The first-order valence-corrected chi connectivity index (χ1v) is 6.51. The Kier molecular flexibility index (Phi) is 3.10. The molecule has 6 heteroatoms. The average Bonchev–Trinajstić information content (AvgIpc) is 3.09. The molecule has 0 radical (unpaired) electrons. The van der Waals surface area contributed by atoms with Gasteiger partial charge in [-0.05, 0) is 27.2 Å². The van der Waals surface area contributed by atoms with E-state index in [9.17, 15) is 0 Å². The molecule has 2 atom stereocenters. The van der Waals surface area contributed by atoms with Gasteiger partial charge < -0.3 is 13.8 Å². The first-order chi connectivity index (χ1) is 9.16. The topological polar surface area (TPSA) is 74.2 Å². The molecular formula is C13H17N3O3. The number of aromatic nitrogens is 3. The molecule has 0 saturated carbocycles. The van der Waals surface area contributed by atoms with Gasteiger partial charge in [0.25, 0.3) is 0 Å². The number of ether oxygens (including phenoxy) is 1. The Morgan fingerprint density at radius 3 is 2.68 bits per heavy atom. The molecule has 6 nitrogen and oxygen atoms in total. The molecule has 3 heterocycles. The van der Waals surface area contributed by atoms with E-state index < -0.39 is 0 Å². The lowest BCUT2D eigenvalue weighted by molar-refractivity contribution is 0.192. The van der Waals surface area contributed by atoms with Gasteiger partial charge in [-0.3, -0.25) is 0 Å². The zero-order valence-corrected chi connectivity index (χ0v) is 11.3. The Labute approximate surface area is 111 Å². The fraction of sp³-hybridized carbons (Fsp3) is 0.615. The molecule has 102 valence electrons. The van der Waals surface area contributed by atoms with Crippen LogP contribution < -0.4 is 0 Å². The minimum Gasteiger partial charge on any atom is -0.381 e. The van der Waals surface area contributed by atoms with Crippen molar-refractivity contribution in [2.24, 2.45) is 0 Å². The Morgan fingerprint density at radius 2 is 2.05 bits per heavy atom. The highest BCUT2D eigenvalue weighted by Crippen LogP contribution is 2.30. The maximum atomic E-state index is 5.39. The fourth-order valence-electron chi connectivity index (χ4n) is 2.56. The molecule has 3 rings (SSSR count). The number of hydrogen-bond donors (Lipinski definition) is 0. The van der Waals surface area contributed by atoms with Crippen molar-refractivity contribution >= 4 is 0 Å². The molecule has 0 spiro atoms. The highest BCUT2D eigenvalue weighted by molar-refractivity contribution is 5.29. The van der Waals surface area contributed by atoms with E-state index in [0.29, 0.717) is 12.5 Å². The highest BCUT2D eigenvalue weighted by atomic mass is 16.5. The molecule has 19 heavy (non-hydrogen) atoms. The largest absolute Gasteiger partial charge is 0.381 e. The summed E-state index contributed by atoms with van der Waals surface area (Å²) in [5.74, 6) is 2.40. The van der Waals surface area contributed by atoms with Crippen LogP contribution in [0, 0.1) is 13.8 Å². The summed E-state index contributed by atoms with van der Waals surface area (Å²) in [5.41, 5.74) is 1.90. The van der Waals surface area contributed by atoms with E-state index in [1.165, 1.54) is 0 Å². The van der Waals surface area contributed by atoms with Crippen molar-refractivity contribution in [3.8, 4) is 0 Å². The van der Waals surface area contributed by atoms with Crippen LogP contribution in [0.5, 0.6) is 0 Å². The molecular weight excluding hydrogens is 246 g/mol. The van der Waals surface area contributed by atoms with Crippen LogP contribution in [0.1, 0.15) is 53.9 Å². The Bertz CT molecular complexity index is 550. The second-order valence-corrected chi connectivity index (χ2v) is 5.01. The van der Waals surface area contributed by atoms with Crippen LogP contribution in [0.4, 0.5) is 0 Å². The molecule has 0 N–H and O–H groups in total. The van der Waals surface area contributed by atoms with E-state index in [-0.39, 0.29) is 11.8 Å². The Morgan fingerprint density at radius 1 is 1.21 bits per heavy atom. The summed E-state index contributed by atoms with van der Waals surface area (Å²) in [4.78, 5) is 4.50. The van der Waals surface area contributed by atoms with Gasteiger partial charge in [-0.2, -0.15) is 4.98 Å². The van der Waals surface area contributed by atoms with Gasteiger partial charge in [0, 0.05) is 18.1 Å². The Balaban J connectivity index is 1.86. The van der Waals surface area contributed by atoms with Gasteiger partial charge >= 0.3 is 0 Å². The van der Waals surface area contributed by atoms with E-state index in [4.69, 9.17) is 13.8 Å². The standard InChI is InChI=1S/C13H17N3O3/c1-7(11-8(2)15-18-9(11)3)13-14-12(16-19-13)10-4-5-17-6-10/h7,10H,4-6H2,1-3H3/t7-,10+/m1/s1. The van der Waals surface area contributed by atoms with Crippen LogP contribution in [0.15, 0.2) is 9.05 Å². The van der Waals surface area contributed by atoms with Gasteiger partial charge in [-0.1, -0.05) is 10.3 Å². The molecule has 1 fully saturated rings. The second kappa shape index (κ2) is 4.77. The van der Waals surface area contributed by atoms with Gasteiger partial charge in [-0.25, -0.2) is 0 Å². The van der Waals surface area contributed by atoms with Crippen LogP contribution in [-0.2, 0) is 4.74 Å². The molecule has 0 aliphatic carbocycles. The predicted octanol–water partition coefficient (Wildman–Crippen LogP) is 2.33. The summed E-state index contributed by atoms with van der Waals surface area (Å²) >= 11 is 0. The maximum Gasteiger partial charge on any atom is 0.234 e. The van der Waals surface area contributed by atoms with Crippen LogP contribution in [0.3, 0.4) is 0 Å². The summed E-state index contributed by atoms with van der Waals surface area (Å²) in [6, 6.07) is 0. The minimum absolute atomic E-state index is 0.00479. The van der Waals surface area contributed by atoms with Gasteiger partial charge in [0.2, 0.25) is 5.89 Å². The summed E-state index contributed by atoms with van der Waals surface area (Å²) in [5, 5.41) is 8.03. The van der Waals surface area contributed by atoms with Gasteiger partial charge in [0.1, 0.15) is 5.76 Å². The van der Waals surface area contributed by atoms with E-state index in [1.807, 2.05) is 20.8 Å². The lowest BCUT2D eigenvalue weighted by Crippen LogP contribution is -2.02. The number of hydrogen-bond acceptors (Lipinski definition) is 6. The van der Waals surface area contributed by atoms with Crippen molar-refractivity contribution in [1.82, 2.24) is 15.3 Å². The summed E-state index contributed by atoms with van der Waals surface area (Å²) in [7, 11) is 0. The maximum absolute atomic E-state index is 5.39. The smallest absolute Gasteiger partial charge is 0.234 e. The van der Waals surface area contributed by atoms with E-state index >= 15 is 0 Å². The zero-order chi connectivity index (χ0) is 13.4. The van der Waals surface area contributed by atoms with Crippen LogP contribution in [0.2, 0.25) is 0 Å². The normalized spacial score (nSPS) is 20.9. The Hall–Kier alpha value is -1.69. The minimum atomic E-state index is -0.00479. The van der Waals surface area contributed by atoms with Crippen molar-refractivity contribution in [2.75, 3.05) is 13.2 Å². The van der Waals surface area contributed by atoms with Gasteiger partial charge in [0.05, 0.1) is 18.2 Å². The van der Waals surface area contributed by atoms with Crippen LogP contribution in [-0.4, -0.2) is 28.5 Å².